The molecule has 0 aromatic heterocycles. The number of hydrogen-bond donors (Lipinski definition) is 1. The minimum absolute atomic E-state index is 0.0729. The third-order valence-corrected chi connectivity index (χ3v) is 3.64. The molecule has 0 spiro atoms. The van der Waals surface area contributed by atoms with Gasteiger partial charge in [-0.05, 0) is 49.4 Å². The molecule has 132 valence electrons. The lowest BCUT2D eigenvalue weighted by Gasteiger charge is -2.09. The average Bonchev–Trinajstić information content (AvgIpc) is 2.55. The molecule has 0 fully saturated rings. The largest absolute Gasteiger partial charge is 0.493 e. The van der Waals surface area contributed by atoms with E-state index in [1.807, 2.05) is 13.0 Å². The molecule has 3 nitrogen and oxygen atoms in total. The Morgan fingerprint density at radius 2 is 2.00 bits per heavy atom. The molecule has 7 heteroatoms. The van der Waals surface area contributed by atoms with Gasteiger partial charge in [0, 0.05) is 21.8 Å². The third-order valence-electron chi connectivity index (χ3n) is 3.14. The molecule has 0 aliphatic heterocycles. The van der Waals surface area contributed by atoms with E-state index in [2.05, 4.69) is 21.2 Å². The van der Waals surface area contributed by atoms with Crippen LogP contribution in [0.4, 0.5) is 18.9 Å². The van der Waals surface area contributed by atoms with Crippen molar-refractivity contribution < 1.29 is 22.7 Å². The summed E-state index contributed by atoms with van der Waals surface area (Å²) in [5, 5.41) is 2.41. The first kappa shape index (κ1) is 19.1. The van der Waals surface area contributed by atoms with Crippen LogP contribution in [0.3, 0.4) is 0 Å². The molecule has 1 amide bonds. The minimum Gasteiger partial charge on any atom is -0.493 e. The van der Waals surface area contributed by atoms with Crippen molar-refractivity contribution in [1.82, 2.24) is 0 Å². The van der Waals surface area contributed by atoms with Crippen LogP contribution in [0.1, 0.15) is 18.1 Å². The highest BCUT2D eigenvalue weighted by Gasteiger charge is 2.30. The van der Waals surface area contributed by atoms with Crippen molar-refractivity contribution in [2.45, 2.75) is 13.1 Å². The van der Waals surface area contributed by atoms with Crippen LogP contribution in [-0.2, 0) is 11.0 Å². The molecular weight excluding hydrogens is 399 g/mol. The Morgan fingerprint density at radius 3 is 2.68 bits per heavy atom. The lowest BCUT2D eigenvalue weighted by Crippen LogP contribution is -2.10. The number of carbonyl (C=O) groups is 1. The topological polar surface area (TPSA) is 38.3 Å². The molecular formula is C18H15BrF3NO2. The minimum atomic E-state index is -4.46. The Balaban J connectivity index is 2.13. The number of hydrogen-bond acceptors (Lipinski definition) is 2. The maximum Gasteiger partial charge on any atom is 0.416 e. The van der Waals surface area contributed by atoms with Crippen LogP contribution < -0.4 is 10.1 Å². The van der Waals surface area contributed by atoms with Crippen LogP contribution in [0.15, 0.2) is 53.0 Å². The summed E-state index contributed by atoms with van der Waals surface area (Å²) in [4.78, 5) is 12.0. The molecule has 0 aliphatic carbocycles. The van der Waals surface area contributed by atoms with E-state index >= 15 is 0 Å². The van der Waals surface area contributed by atoms with E-state index in [9.17, 15) is 18.0 Å². The van der Waals surface area contributed by atoms with Gasteiger partial charge in [-0.15, -0.1) is 0 Å². The molecule has 0 unspecified atom stereocenters. The Bertz CT molecular complexity index is 788. The molecule has 0 aliphatic rings. The summed E-state index contributed by atoms with van der Waals surface area (Å²) < 4.78 is 44.3. The maximum absolute atomic E-state index is 12.7. The van der Waals surface area contributed by atoms with Crippen molar-refractivity contribution in [2.24, 2.45) is 0 Å². The first-order valence-electron chi connectivity index (χ1n) is 7.38. The number of ether oxygens (including phenoxy) is 1. The van der Waals surface area contributed by atoms with Crippen molar-refractivity contribution >= 4 is 33.6 Å². The molecule has 0 bridgehead atoms. The molecule has 2 aromatic carbocycles. The van der Waals surface area contributed by atoms with Crippen molar-refractivity contribution in [3.05, 3.63) is 64.1 Å². The molecule has 0 atom stereocenters. The van der Waals surface area contributed by atoms with Crippen LogP contribution in [0.25, 0.3) is 6.08 Å². The van der Waals surface area contributed by atoms with Gasteiger partial charge in [-0.1, -0.05) is 22.0 Å². The second kappa shape index (κ2) is 8.20. The van der Waals surface area contributed by atoms with Crippen molar-refractivity contribution in [3.63, 3.8) is 0 Å². The van der Waals surface area contributed by atoms with Crippen LogP contribution >= 0.6 is 15.9 Å². The predicted octanol–water partition coefficient (Wildman–Crippen LogP) is 5.52. The Morgan fingerprint density at radius 1 is 1.24 bits per heavy atom. The zero-order valence-electron chi connectivity index (χ0n) is 13.2. The highest BCUT2D eigenvalue weighted by atomic mass is 79.9. The Kier molecular flexibility index (Phi) is 6.25. The highest BCUT2D eigenvalue weighted by molar-refractivity contribution is 9.10. The van der Waals surface area contributed by atoms with Gasteiger partial charge in [0.15, 0.2) is 0 Å². The summed E-state index contributed by atoms with van der Waals surface area (Å²) in [6.07, 6.45) is -1.68. The molecule has 25 heavy (non-hydrogen) atoms. The smallest absolute Gasteiger partial charge is 0.416 e. The number of anilines is 1. The number of alkyl halides is 3. The highest BCUT2D eigenvalue weighted by Crippen LogP contribution is 2.30. The second-order valence-electron chi connectivity index (χ2n) is 5.02. The molecule has 1 N–H and O–H groups in total. The summed E-state index contributed by atoms with van der Waals surface area (Å²) in [5.74, 6) is 0.0653. The maximum atomic E-state index is 12.7. The summed E-state index contributed by atoms with van der Waals surface area (Å²) in [7, 11) is 0. The van der Waals surface area contributed by atoms with Crippen LogP contribution in [-0.4, -0.2) is 12.5 Å². The van der Waals surface area contributed by atoms with E-state index in [1.165, 1.54) is 18.2 Å². The van der Waals surface area contributed by atoms with E-state index in [1.54, 1.807) is 18.2 Å². The van der Waals surface area contributed by atoms with Gasteiger partial charge in [0.2, 0.25) is 5.91 Å². The van der Waals surface area contributed by atoms with Crippen molar-refractivity contribution in [3.8, 4) is 5.75 Å². The van der Waals surface area contributed by atoms with E-state index in [0.717, 1.165) is 16.6 Å². The van der Waals surface area contributed by atoms with Gasteiger partial charge in [0.25, 0.3) is 0 Å². The monoisotopic (exact) mass is 413 g/mol. The van der Waals surface area contributed by atoms with Crippen molar-refractivity contribution in [2.75, 3.05) is 11.9 Å². The molecule has 0 heterocycles. The SMILES string of the molecule is CCOc1ccc(Br)cc1/C=C/C(=O)Nc1cccc(C(F)(F)F)c1. The standard InChI is InChI=1S/C18H15BrF3NO2/c1-2-25-16-8-7-14(19)10-12(16)6-9-17(24)23-15-5-3-4-13(11-15)18(20,21)22/h3-11H,2H2,1H3,(H,23,24)/b9-6+. The van der Waals surface area contributed by atoms with Crippen molar-refractivity contribution in [1.29, 1.82) is 0 Å². The number of halogens is 4. The lowest BCUT2D eigenvalue weighted by atomic mass is 10.1. The zero-order chi connectivity index (χ0) is 18.4. The molecule has 0 saturated carbocycles. The van der Waals surface area contributed by atoms with E-state index in [4.69, 9.17) is 4.74 Å². The van der Waals surface area contributed by atoms with Gasteiger partial charge in [0.05, 0.1) is 12.2 Å². The third kappa shape index (κ3) is 5.63. The van der Waals surface area contributed by atoms with Gasteiger partial charge in [0.1, 0.15) is 5.75 Å². The number of rotatable bonds is 5. The van der Waals surface area contributed by atoms with Gasteiger partial charge < -0.3 is 10.1 Å². The van der Waals surface area contributed by atoms with Crippen LogP contribution in [0.2, 0.25) is 0 Å². The molecule has 2 aromatic rings. The lowest BCUT2D eigenvalue weighted by molar-refractivity contribution is -0.137. The Hall–Kier alpha value is -2.28. The molecule has 0 saturated heterocycles. The molecule has 2 rings (SSSR count). The number of amides is 1. The number of benzene rings is 2. The first-order chi connectivity index (χ1) is 11.8. The van der Waals surface area contributed by atoms with Gasteiger partial charge >= 0.3 is 6.18 Å². The van der Waals surface area contributed by atoms with E-state index in [0.29, 0.717) is 17.9 Å². The first-order valence-corrected chi connectivity index (χ1v) is 8.17. The predicted molar refractivity (Wildman–Crippen MR) is 94.4 cm³/mol. The van der Waals surface area contributed by atoms with Gasteiger partial charge in [-0.3, -0.25) is 4.79 Å². The molecule has 0 radical (unpaired) electrons. The summed E-state index contributed by atoms with van der Waals surface area (Å²) in [6, 6.07) is 9.81. The summed E-state index contributed by atoms with van der Waals surface area (Å²) in [5.41, 5.74) is -0.0703. The number of carbonyl (C=O) groups excluding carboxylic acids is 1. The fraction of sp³-hybridized carbons (Fsp3) is 0.167. The number of nitrogens with one attached hydrogen (secondary N) is 1. The van der Waals surface area contributed by atoms with Gasteiger partial charge in [-0.25, -0.2) is 0 Å². The zero-order valence-corrected chi connectivity index (χ0v) is 14.8. The van der Waals surface area contributed by atoms with E-state index < -0.39 is 17.6 Å². The van der Waals surface area contributed by atoms with Gasteiger partial charge in [-0.2, -0.15) is 13.2 Å². The second-order valence-corrected chi connectivity index (χ2v) is 5.93. The normalized spacial score (nSPS) is 11.6. The van der Waals surface area contributed by atoms with E-state index in [-0.39, 0.29) is 5.69 Å². The van der Waals surface area contributed by atoms with Crippen LogP contribution in [0, 0.1) is 0 Å². The fourth-order valence-electron chi connectivity index (χ4n) is 2.06. The summed E-state index contributed by atoms with van der Waals surface area (Å²) >= 11 is 3.34. The quantitative estimate of drug-likeness (QED) is 0.655. The average molecular weight is 414 g/mol. The Labute approximate surface area is 151 Å². The fourth-order valence-corrected chi connectivity index (χ4v) is 2.44. The summed E-state index contributed by atoms with van der Waals surface area (Å²) in [6.45, 7) is 2.31. The van der Waals surface area contributed by atoms with Crippen LogP contribution in [0.5, 0.6) is 5.75 Å².